The van der Waals surface area contributed by atoms with Gasteiger partial charge in [-0.2, -0.15) is 13.2 Å². The maximum Gasteiger partial charge on any atom is 0.402 e. The van der Waals surface area contributed by atoms with Crippen LogP contribution in [0.5, 0.6) is 0 Å². The van der Waals surface area contributed by atoms with Crippen molar-refractivity contribution in [1.29, 1.82) is 0 Å². The second-order valence-electron chi connectivity index (χ2n) is 4.34. The molecule has 78 valence electrons. The molecule has 0 aliphatic carbocycles. The van der Waals surface area contributed by atoms with Gasteiger partial charge in [0.15, 0.2) is 0 Å². The highest BCUT2D eigenvalue weighted by Gasteiger charge is 2.42. The van der Waals surface area contributed by atoms with Gasteiger partial charge in [-0.05, 0) is 5.41 Å². The van der Waals surface area contributed by atoms with Crippen LogP contribution in [0.1, 0.15) is 13.8 Å². The van der Waals surface area contributed by atoms with E-state index in [1.54, 1.807) is 0 Å². The lowest BCUT2D eigenvalue weighted by molar-refractivity contribution is -0.136. The molecule has 1 aliphatic heterocycles. The van der Waals surface area contributed by atoms with Crippen LogP contribution < -0.4 is 0 Å². The quantitative estimate of drug-likeness (QED) is 0.690. The molecule has 1 fully saturated rings. The normalized spacial score (nSPS) is 25.4. The Morgan fingerprint density at radius 1 is 1.38 bits per heavy atom. The third-order valence-corrected chi connectivity index (χ3v) is 2.89. The Labute approximate surface area is 84.4 Å². The fraction of sp³-hybridized carbons (Fsp3) is 1.00. The smallest absolute Gasteiger partial charge is 0.301 e. The van der Waals surface area contributed by atoms with Crippen LogP contribution in [0, 0.1) is 5.41 Å². The molecular weight excluding hydrogens is 247 g/mol. The van der Waals surface area contributed by atoms with Crippen LogP contribution in [-0.4, -0.2) is 35.5 Å². The Hall–Kier alpha value is 0.230. The first-order valence-electron chi connectivity index (χ1n) is 4.14. The molecule has 1 saturated heterocycles. The van der Waals surface area contributed by atoms with Crippen molar-refractivity contribution in [1.82, 2.24) is 4.90 Å². The van der Waals surface area contributed by atoms with E-state index in [0.717, 1.165) is 13.1 Å². The van der Waals surface area contributed by atoms with E-state index in [1.165, 1.54) is 0 Å². The van der Waals surface area contributed by atoms with Gasteiger partial charge in [0.05, 0.1) is 0 Å². The van der Waals surface area contributed by atoms with Crippen LogP contribution >= 0.6 is 15.9 Å². The van der Waals surface area contributed by atoms with Gasteiger partial charge in [-0.25, -0.2) is 0 Å². The van der Waals surface area contributed by atoms with E-state index in [0.29, 0.717) is 0 Å². The van der Waals surface area contributed by atoms with E-state index in [9.17, 15) is 13.2 Å². The van der Waals surface area contributed by atoms with Gasteiger partial charge in [0.1, 0.15) is 4.83 Å². The number of likely N-dealkylation sites (tertiary alicyclic amines) is 1. The summed E-state index contributed by atoms with van der Waals surface area (Å²) in [6.07, 6.45) is -4.13. The molecule has 1 rings (SSSR count). The summed E-state index contributed by atoms with van der Waals surface area (Å²) in [4.78, 5) is 0.420. The molecular formula is C8H13BrF3N. The molecule has 0 aromatic rings. The number of nitrogens with zero attached hydrogens (tertiary/aromatic N) is 1. The molecule has 0 amide bonds. The summed E-state index contributed by atoms with van der Waals surface area (Å²) in [7, 11) is 0. The van der Waals surface area contributed by atoms with Crippen LogP contribution in [0.3, 0.4) is 0 Å². The lowest BCUT2D eigenvalue weighted by Crippen LogP contribution is -2.55. The van der Waals surface area contributed by atoms with Gasteiger partial charge in [0.25, 0.3) is 0 Å². The van der Waals surface area contributed by atoms with Gasteiger partial charge in [-0.15, -0.1) is 0 Å². The van der Waals surface area contributed by atoms with Crippen molar-refractivity contribution in [3.63, 3.8) is 0 Å². The van der Waals surface area contributed by atoms with Crippen molar-refractivity contribution in [3.05, 3.63) is 0 Å². The largest absolute Gasteiger partial charge is 0.402 e. The second-order valence-corrected chi connectivity index (χ2v) is 5.45. The van der Waals surface area contributed by atoms with Gasteiger partial charge in [0, 0.05) is 19.6 Å². The number of hydrogen-bond donors (Lipinski definition) is 0. The Balaban J connectivity index is 2.28. The first kappa shape index (κ1) is 11.3. The summed E-state index contributed by atoms with van der Waals surface area (Å²) in [5.74, 6) is 0. The first-order valence-corrected chi connectivity index (χ1v) is 5.05. The van der Waals surface area contributed by atoms with Crippen molar-refractivity contribution in [2.45, 2.75) is 24.9 Å². The number of hydrogen-bond acceptors (Lipinski definition) is 1. The molecule has 0 radical (unpaired) electrons. The standard InChI is InChI=1S/C8H13BrF3N/c1-7(2)4-13(5-7)3-6(9)8(10,11)12/h6H,3-5H2,1-2H3. The molecule has 0 saturated carbocycles. The lowest BCUT2D eigenvalue weighted by Gasteiger charge is -2.46. The van der Waals surface area contributed by atoms with Crippen LogP contribution in [0.25, 0.3) is 0 Å². The highest BCUT2D eigenvalue weighted by molar-refractivity contribution is 9.09. The summed E-state index contributed by atoms with van der Waals surface area (Å²) in [5.41, 5.74) is 0.193. The van der Waals surface area contributed by atoms with Crippen LogP contribution in [0.4, 0.5) is 13.2 Å². The van der Waals surface area contributed by atoms with Crippen molar-refractivity contribution in [2.24, 2.45) is 5.41 Å². The second kappa shape index (κ2) is 3.42. The van der Waals surface area contributed by atoms with Crippen molar-refractivity contribution >= 4 is 15.9 Å². The monoisotopic (exact) mass is 259 g/mol. The van der Waals surface area contributed by atoms with Crippen LogP contribution in [-0.2, 0) is 0 Å². The fourth-order valence-electron chi connectivity index (χ4n) is 1.62. The average molecular weight is 260 g/mol. The van der Waals surface area contributed by atoms with Crippen LogP contribution in [0.2, 0.25) is 0 Å². The topological polar surface area (TPSA) is 3.24 Å². The molecule has 0 N–H and O–H groups in total. The van der Waals surface area contributed by atoms with Crippen molar-refractivity contribution in [2.75, 3.05) is 19.6 Å². The van der Waals surface area contributed by atoms with Gasteiger partial charge in [0.2, 0.25) is 0 Å². The van der Waals surface area contributed by atoms with E-state index in [2.05, 4.69) is 29.8 Å². The Kier molecular flexibility index (Phi) is 2.98. The van der Waals surface area contributed by atoms with Gasteiger partial charge in [-0.1, -0.05) is 29.8 Å². The predicted molar refractivity (Wildman–Crippen MR) is 49.0 cm³/mol. The SMILES string of the molecule is CC1(C)CN(CC(Br)C(F)(F)F)C1. The minimum atomic E-state index is -4.13. The zero-order valence-electron chi connectivity index (χ0n) is 7.66. The molecule has 0 spiro atoms. The van der Waals surface area contributed by atoms with E-state index in [-0.39, 0.29) is 12.0 Å². The van der Waals surface area contributed by atoms with Gasteiger partial charge in [-0.3, -0.25) is 0 Å². The Morgan fingerprint density at radius 2 is 1.85 bits per heavy atom. The molecule has 1 atom stereocenters. The van der Waals surface area contributed by atoms with Crippen molar-refractivity contribution in [3.8, 4) is 0 Å². The van der Waals surface area contributed by atoms with E-state index < -0.39 is 11.0 Å². The molecule has 0 aromatic heterocycles. The van der Waals surface area contributed by atoms with Crippen molar-refractivity contribution < 1.29 is 13.2 Å². The average Bonchev–Trinajstić information content (AvgIpc) is 1.80. The number of rotatable bonds is 2. The molecule has 0 bridgehead atoms. The molecule has 0 aromatic carbocycles. The molecule has 1 aliphatic rings. The third kappa shape index (κ3) is 3.13. The first-order chi connectivity index (χ1) is 5.71. The Morgan fingerprint density at radius 3 is 2.15 bits per heavy atom. The molecule has 13 heavy (non-hydrogen) atoms. The maximum absolute atomic E-state index is 12.1. The summed E-state index contributed by atoms with van der Waals surface area (Å²) in [5, 5.41) is 0. The highest BCUT2D eigenvalue weighted by atomic mass is 79.9. The minimum absolute atomic E-state index is 0.0624. The lowest BCUT2D eigenvalue weighted by atomic mass is 9.84. The van der Waals surface area contributed by atoms with E-state index in [1.807, 2.05) is 4.90 Å². The minimum Gasteiger partial charge on any atom is -0.301 e. The highest BCUT2D eigenvalue weighted by Crippen LogP contribution is 2.33. The van der Waals surface area contributed by atoms with Crippen LogP contribution in [0.15, 0.2) is 0 Å². The zero-order chi connectivity index (χ0) is 10.3. The maximum atomic E-state index is 12.1. The zero-order valence-corrected chi connectivity index (χ0v) is 9.24. The molecule has 1 heterocycles. The third-order valence-electron chi connectivity index (χ3n) is 2.08. The summed E-state index contributed by atoms with van der Waals surface area (Å²) in [6.45, 7) is 5.68. The summed E-state index contributed by atoms with van der Waals surface area (Å²) < 4.78 is 36.3. The summed E-state index contributed by atoms with van der Waals surface area (Å²) in [6, 6.07) is 0. The molecule has 5 heteroatoms. The van der Waals surface area contributed by atoms with E-state index in [4.69, 9.17) is 0 Å². The Bertz CT molecular complexity index is 182. The number of alkyl halides is 4. The van der Waals surface area contributed by atoms with Gasteiger partial charge >= 0.3 is 6.18 Å². The number of halogens is 4. The fourth-order valence-corrected chi connectivity index (χ4v) is 2.03. The predicted octanol–water partition coefficient (Wildman–Crippen LogP) is 2.65. The van der Waals surface area contributed by atoms with Gasteiger partial charge < -0.3 is 4.90 Å². The summed E-state index contributed by atoms with van der Waals surface area (Å²) >= 11 is 2.64. The van der Waals surface area contributed by atoms with E-state index >= 15 is 0 Å². The molecule has 1 unspecified atom stereocenters. The molecule has 1 nitrogen and oxygen atoms in total.